The van der Waals surface area contributed by atoms with E-state index in [4.69, 9.17) is 4.74 Å². The minimum atomic E-state index is -0.267. The van der Waals surface area contributed by atoms with E-state index >= 15 is 0 Å². The van der Waals surface area contributed by atoms with Crippen molar-refractivity contribution in [3.63, 3.8) is 0 Å². The first kappa shape index (κ1) is 12.7. The molecule has 4 rings (SSSR count). The van der Waals surface area contributed by atoms with E-state index in [0.717, 1.165) is 17.7 Å². The molecule has 0 saturated carbocycles. The first-order valence-corrected chi connectivity index (χ1v) is 6.98. The van der Waals surface area contributed by atoms with Crippen molar-refractivity contribution in [3.8, 4) is 5.75 Å². The molecule has 0 radical (unpaired) electrons. The molecule has 0 unspecified atom stereocenters. The Balaban J connectivity index is 1.61. The zero-order valence-corrected chi connectivity index (χ0v) is 11.6. The zero-order chi connectivity index (χ0) is 15.1. The van der Waals surface area contributed by atoms with E-state index in [0.29, 0.717) is 28.9 Å². The summed E-state index contributed by atoms with van der Waals surface area (Å²) in [5.74, 6) is 0.662. The highest BCUT2D eigenvalue weighted by atomic mass is 16.5. The lowest BCUT2D eigenvalue weighted by Crippen LogP contribution is -2.11. The van der Waals surface area contributed by atoms with Crippen LogP contribution in [0.25, 0.3) is 11.0 Å². The van der Waals surface area contributed by atoms with Crippen molar-refractivity contribution >= 4 is 22.6 Å². The molecule has 2 aromatic carbocycles. The topological polar surface area (TPSA) is 87.0 Å². The highest BCUT2D eigenvalue weighted by molar-refractivity contribution is 6.05. The van der Waals surface area contributed by atoms with E-state index < -0.39 is 0 Å². The molecule has 1 aliphatic rings. The zero-order valence-electron chi connectivity index (χ0n) is 11.6. The van der Waals surface area contributed by atoms with Gasteiger partial charge in [0.2, 0.25) is 0 Å². The van der Waals surface area contributed by atoms with Crippen molar-refractivity contribution in [2.45, 2.75) is 6.42 Å². The lowest BCUT2D eigenvalue weighted by Gasteiger charge is -2.06. The molecule has 2 heterocycles. The van der Waals surface area contributed by atoms with E-state index in [9.17, 15) is 9.59 Å². The van der Waals surface area contributed by atoms with Gasteiger partial charge >= 0.3 is 5.69 Å². The number of aromatic nitrogens is 2. The van der Waals surface area contributed by atoms with Gasteiger partial charge in [-0.25, -0.2) is 4.79 Å². The van der Waals surface area contributed by atoms with Gasteiger partial charge in [-0.05, 0) is 42.0 Å². The smallest absolute Gasteiger partial charge is 0.323 e. The van der Waals surface area contributed by atoms with Crippen LogP contribution in [0.2, 0.25) is 0 Å². The summed E-state index contributed by atoms with van der Waals surface area (Å²) in [5, 5.41) is 2.84. The molecule has 0 saturated heterocycles. The van der Waals surface area contributed by atoms with Gasteiger partial charge in [-0.1, -0.05) is 0 Å². The number of imidazole rings is 1. The number of amides is 1. The lowest BCUT2D eigenvalue weighted by atomic mass is 10.1. The Labute approximate surface area is 125 Å². The normalized spacial score (nSPS) is 12.9. The second-order valence-corrected chi connectivity index (χ2v) is 5.21. The highest BCUT2D eigenvalue weighted by Crippen LogP contribution is 2.26. The number of H-pyrrole nitrogens is 2. The number of carbonyl (C=O) groups is 1. The SMILES string of the molecule is O=C(Nc1ccc2[nH]c(=O)[nH]c2c1)c1ccc2c(c1)CCO2. The predicted molar refractivity (Wildman–Crippen MR) is 82.5 cm³/mol. The van der Waals surface area contributed by atoms with Crippen LogP contribution in [-0.4, -0.2) is 22.5 Å². The number of carbonyl (C=O) groups excluding carboxylic acids is 1. The molecular weight excluding hydrogens is 282 g/mol. The quantitative estimate of drug-likeness (QED) is 0.676. The molecule has 110 valence electrons. The van der Waals surface area contributed by atoms with Gasteiger partial charge in [0.25, 0.3) is 5.91 Å². The van der Waals surface area contributed by atoms with Crippen molar-refractivity contribution in [1.82, 2.24) is 9.97 Å². The Kier molecular flexibility index (Phi) is 2.75. The van der Waals surface area contributed by atoms with Crippen LogP contribution in [0.15, 0.2) is 41.2 Å². The first-order chi connectivity index (χ1) is 10.7. The summed E-state index contributed by atoms with van der Waals surface area (Å²) in [6.45, 7) is 0.665. The van der Waals surface area contributed by atoms with Gasteiger partial charge in [-0.15, -0.1) is 0 Å². The van der Waals surface area contributed by atoms with Crippen LogP contribution in [0.1, 0.15) is 15.9 Å². The maximum absolute atomic E-state index is 12.3. The molecule has 3 N–H and O–H groups in total. The average Bonchev–Trinajstić information content (AvgIpc) is 3.10. The predicted octanol–water partition coefficient (Wildman–Crippen LogP) is 2.04. The van der Waals surface area contributed by atoms with E-state index in [1.807, 2.05) is 12.1 Å². The molecule has 0 bridgehead atoms. The minimum Gasteiger partial charge on any atom is -0.493 e. The number of anilines is 1. The second kappa shape index (κ2) is 4.77. The van der Waals surface area contributed by atoms with Crippen LogP contribution in [-0.2, 0) is 6.42 Å². The molecule has 6 nitrogen and oxygen atoms in total. The van der Waals surface area contributed by atoms with Gasteiger partial charge in [-0.2, -0.15) is 0 Å². The summed E-state index contributed by atoms with van der Waals surface area (Å²) in [5.41, 5.74) is 3.37. The Bertz CT molecular complexity index is 939. The molecule has 3 aromatic rings. The van der Waals surface area contributed by atoms with Crippen molar-refractivity contribution < 1.29 is 9.53 Å². The molecule has 0 fully saturated rings. The largest absolute Gasteiger partial charge is 0.493 e. The number of benzene rings is 2. The molecule has 22 heavy (non-hydrogen) atoms. The summed E-state index contributed by atoms with van der Waals surface area (Å²) >= 11 is 0. The Hall–Kier alpha value is -3.02. The Morgan fingerprint density at radius 3 is 2.86 bits per heavy atom. The summed E-state index contributed by atoms with van der Waals surface area (Å²) in [6.07, 6.45) is 0.826. The number of nitrogens with one attached hydrogen (secondary N) is 3. The Morgan fingerprint density at radius 1 is 1.09 bits per heavy atom. The summed E-state index contributed by atoms with van der Waals surface area (Å²) < 4.78 is 5.43. The molecule has 1 aromatic heterocycles. The molecule has 1 aliphatic heterocycles. The van der Waals surface area contributed by atoms with Gasteiger partial charge < -0.3 is 20.0 Å². The second-order valence-electron chi connectivity index (χ2n) is 5.21. The van der Waals surface area contributed by atoms with E-state index in [1.54, 1.807) is 24.3 Å². The van der Waals surface area contributed by atoms with E-state index in [-0.39, 0.29) is 11.6 Å². The molecule has 1 amide bonds. The number of ether oxygens (including phenoxy) is 1. The molecule has 0 aliphatic carbocycles. The van der Waals surface area contributed by atoms with Crippen LogP contribution in [0.5, 0.6) is 5.75 Å². The van der Waals surface area contributed by atoms with Crippen LogP contribution in [0, 0.1) is 0 Å². The maximum Gasteiger partial charge on any atom is 0.323 e. The minimum absolute atomic E-state index is 0.188. The maximum atomic E-state index is 12.3. The van der Waals surface area contributed by atoms with Gasteiger partial charge in [-0.3, -0.25) is 4.79 Å². The Morgan fingerprint density at radius 2 is 1.95 bits per heavy atom. The fourth-order valence-corrected chi connectivity index (χ4v) is 2.64. The lowest BCUT2D eigenvalue weighted by molar-refractivity contribution is 0.102. The van der Waals surface area contributed by atoms with Crippen LogP contribution in [0.3, 0.4) is 0 Å². The number of hydrogen-bond acceptors (Lipinski definition) is 3. The third kappa shape index (κ3) is 2.14. The fraction of sp³-hybridized carbons (Fsp3) is 0.125. The highest BCUT2D eigenvalue weighted by Gasteiger charge is 2.15. The monoisotopic (exact) mass is 295 g/mol. The van der Waals surface area contributed by atoms with Gasteiger partial charge in [0.15, 0.2) is 0 Å². The van der Waals surface area contributed by atoms with Crippen molar-refractivity contribution in [3.05, 3.63) is 58.0 Å². The third-order valence-corrected chi connectivity index (χ3v) is 3.73. The van der Waals surface area contributed by atoms with E-state index in [1.165, 1.54) is 0 Å². The van der Waals surface area contributed by atoms with E-state index in [2.05, 4.69) is 15.3 Å². The molecule has 0 atom stereocenters. The van der Waals surface area contributed by atoms with Crippen molar-refractivity contribution in [1.29, 1.82) is 0 Å². The first-order valence-electron chi connectivity index (χ1n) is 6.98. The number of fused-ring (bicyclic) bond motifs is 2. The average molecular weight is 295 g/mol. The van der Waals surface area contributed by atoms with Crippen LogP contribution in [0.4, 0.5) is 5.69 Å². The summed E-state index contributed by atoms with van der Waals surface area (Å²) in [4.78, 5) is 28.9. The van der Waals surface area contributed by atoms with Gasteiger partial charge in [0, 0.05) is 17.7 Å². The summed E-state index contributed by atoms with van der Waals surface area (Å²) in [6, 6.07) is 10.6. The van der Waals surface area contributed by atoms with Gasteiger partial charge in [0.05, 0.1) is 17.6 Å². The summed E-state index contributed by atoms with van der Waals surface area (Å²) in [7, 11) is 0. The van der Waals surface area contributed by atoms with Crippen LogP contribution >= 0.6 is 0 Å². The molecular formula is C16H13N3O3. The van der Waals surface area contributed by atoms with Gasteiger partial charge in [0.1, 0.15) is 5.75 Å². The standard InChI is InChI=1S/C16H13N3O3/c20-15(10-1-4-14-9(7-10)5-6-22-14)17-11-2-3-12-13(8-11)19-16(21)18-12/h1-4,7-8H,5-6H2,(H,17,20)(H2,18,19,21). The molecule has 6 heteroatoms. The number of rotatable bonds is 2. The van der Waals surface area contributed by atoms with Crippen molar-refractivity contribution in [2.75, 3.05) is 11.9 Å². The number of aromatic amines is 2. The van der Waals surface area contributed by atoms with Crippen molar-refractivity contribution in [2.24, 2.45) is 0 Å². The third-order valence-electron chi connectivity index (χ3n) is 3.73. The number of hydrogen-bond donors (Lipinski definition) is 3. The molecule has 0 spiro atoms. The van der Waals surface area contributed by atoms with Crippen LogP contribution < -0.4 is 15.7 Å². The fourth-order valence-electron chi connectivity index (χ4n) is 2.64.